The molecule has 1 amide bonds. The number of thiazole rings is 1. The van der Waals surface area contributed by atoms with Gasteiger partial charge in [-0.25, -0.2) is 4.98 Å². The van der Waals surface area contributed by atoms with Crippen LogP contribution in [0.25, 0.3) is 0 Å². The van der Waals surface area contributed by atoms with Gasteiger partial charge >= 0.3 is 0 Å². The molecule has 80 valence electrons. The van der Waals surface area contributed by atoms with Crippen LogP contribution in [0.1, 0.15) is 35.0 Å². The summed E-state index contributed by atoms with van der Waals surface area (Å²) in [5, 5.41) is 12.1. The molecule has 0 saturated carbocycles. The van der Waals surface area contributed by atoms with Gasteiger partial charge in [-0.05, 0) is 20.8 Å². The van der Waals surface area contributed by atoms with E-state index in [0.29, 0.717) is 0 Å². The van der Waals surface area contributed by atoms with Crippen molar-refractivity contribution in [1.29, 1.82) is 5.26 Å². The first-order valence-electron chi connectivity index (χ1n) is 4.65. The number of carbonyl (C=O) groups is 1. The summed E-state index contributed by atoms with van der Waals surface area (Å²) in [4.78, 5) is 16.5. The molecule has 1 aromatic heterocycles. The van der Waals surface area contributed by atoms with Crippen molar-refractivity contribution in [3.63, 3.8) is 0 Å². The van der Waals surface area contributed by atoms with Crippen LogP contribution in [0.4, 0.5) is 0 Å². The Morgan fingerprint density at radius 2 is 2.33 bits per heavy atom. The molecule has 0 fully saturated rings. The number of amides is 1. The average Bonchev–Trinajstić information content (AvgIpc) is 2.45. The highest BCUT2D eigenvalue weighted by atomic mass is 32.1. The Bertz CT molecular complexity index is 405. The number of hydrogen-bond donors (Lipinski definition) is 1. The van der Waals surface area contributed by atoms with E-state index in [1.807, 2.05) is 26.8 Å². The molecule has 0 aromatic carbocycles. The largest absolute Gasteiger partial charge is 0.348 e. The van der Waals surface area contributed by atoms with Crippen LogP contribution in [-0.2, 0) is 4.79 Å². The van der Waals surface area contributed by atoms with Gasteiger partial charge in [-0.3, -0.25) is 4.79 Å². The van der Waals surface area contributed by atoms with Crippen LogP contribution >= 0.6 is 11.3 Å². The molecule has 1 heterocycles. The molecule has 0 aliphatic rings. The van der Waals surface area contributed by atoms with E-state index in [9.17, 15) is 4.79 Å². The van der Waals surface area contributed by atoms with Gasteiger partial charge in [0.05, 0.1) is 22.8 Å². The topological polar surface area (TPSA) is 65.8 Å². The summed E-state index contributed by atoms with van der Waals surface area (Å²) in [5.41, 5.74) is 0.947. The zero-order valence-corrected chi connectivity index (χ0v) is 9.81. The van der Waals surface area contributed by atoms with Crippen molar-refractivity contribution in [3.8, 4) is 6.07 Å². The Kier molecular flexibility index (Phi) is 3.81. The SMILES string of the molecule is Cc1nc(C)c(C(C)NC(=O)CC#N)s1. The monoisotopic (exact) mass is 223 g/mol. The Morgan fingerprint density at radius 1 is 1.67 bits per heavy atom. The van der Waals surface area contributed by atoms with E-state index in [1.54, 1.807) is 11.3 Å². The van der Waals surface area contributed by atoms with Gasteiger partial charge in [0, 0.05) is 4.88 Å². The molecule has 15 heavy (non-hydrogen) atoms. The first-order chi connectivity index (χ1) is 7.04. The van der Waals surface area contributed by atoms with Crippen molar-refractivity contribution >= 4 is 17.2 Å². The average molecular weight is 223 g/mol. The summed E-state index contributed by atoms with van der Waals surface area (Å²) < 4.78 is 0. The molecule has 0 aliphatic carbocycles. The lowest BCUT2D eigenvalue weighted by molar-refractivity contribution is -0.120. The maximum absolute atomic E-state index is 11.2. The van der Waals surface area contributed by atoms with Gasteiger partial charge in [-0.1, -0.05) is 0 Å². The lowest BCUT2D eigenvalue weighted by atomic mass is 10.2. The molecule has 0 spiro atoms. The van der Waals surface area contributed by atoms with Crippen molar-refractivity contribution in [2.45, 2.75) is 33.2 Å². The molecule has 1 atom stereocenters. The van der Waals surface area contributed by atoms with E-state index in [0.717, 1.165) is 15.6 Å². The summed E-state index contributed by atoms with van der Waals surface area (Å²) in [7, 11) is 0. The number of nitrogens with one attached hydrogen (secondary N) is 1. The number of aryl methyl sites for hydroxylation is 2. The zero-order chi connectivity index (χ0) is 11.4. The van der Waals surface area contributed by atoms with E-state index in [1.165, 1.54) is 0 Å². The molecule has 0 saturated heterocycles. The number of nitriles is 1. The number of rotatable bonds is 3. The summed E-state index contributed by atoms with van der Waals surface area (Å²) in [6, 6.07) is 1.75. The predicted molar refractivity (Wildman–Crippen MR) is 58.4 cm³/mol. The highest BCUT2D eigenvalue weighted by Gasteiger charge is 2.14. The second kappa shape index (κ2) is 4.89. The molecule has 0 bridgehead atoms. The molecule has 1 N–H and O–H groups in total. The summed E-state index contributed by atoms with van der Waals surface area (Å²) in [5.74, 6) is -0.240. The summed E-state index contributed by atoms with van der Waals surface area (Å²) >= 11 is 1.57. The van der Waals surface area contributed by atoms with Crippen LogP contribution in [0, 0.1) is 25.2 Å². The molecule has 5 heteroatoms. The van der Waals surface area contributed by atoms with Gasteiger partial charge in [0.1, 0.15) is 6.42 Å². The number of hydrogen-bond acceptors (Lipinski definition) is 4. The number of aromatic nitrogens is 1. The molecule has 1 aromatic rings. The number of carbonyl (C=O) groups excluding carboxylic acids is 1. The van der Waals surface area contributed by atoms with E-state index >= 15 is 0 Å². The number of nitrogens with zero attached hydrogens (tertiary/aromatic N) is 2. The second-order valence-corrected chi connectivity index (χ2v) is 4.54. The Hall–Kier alpha value is -1.41. The summed E-state index contributed by atoms with van der Waals surface area (Å²) in [6.07, 6.45) is -0.0961. The van der Waals surface area contributed by atoms with E-state index in [-0.39, 0.29) is 18.4 Å². The predicted octanol–water partition coefficient (Wildman–Crippen LogP) is 1.85. The van der Waals surface area contributed by atoms with Crippen LogP contribution < -0.4 is 5.32 Å². The summed E-state index contributed by atoms with van der Waals surface area (Å²) in [6.45, 7) is 5.76. The molecular formula is C10H13N3OS. The molecule has 0 radical (unpaired) electrons. The fourth-order valence-electron chi connectivity index (χ4n) is 1.38. The van der Waals surface area contributed by atoms with Crippen LogP contribution in [0.3, 0.4) is 0 Å². The fraction of sp³-hybridized carbons (Fsp3) is 0.500. The van der Waals surface area contributed by atoms with Crippen molar-refractivity contribution in [2.75, 3.05) is 0 Å². The smallest absolute Gasteiger partial charge is 0.234 e. The third kappa shape index (κ3) is 3.03. The van der Waals surface area contributed by atoms with Crippen LogP contribution in [0.5, 0.6) is 0 Å². The van der Waals surface area contributed by atoms with Crippen molar-refractivity contribution < 1.29 is 4.79 Å². The van der Waals surface area contributed by atoms with E-state index in [2.05, 4.69) is 10.3 Å². The van der Waals surface area contributed by atoms with Gasteiger partial charge < -0.3 is 5.32 Å². The minimum atomic E-state index is -0.240. The normalized spacial score (nSPS) is 11.9. The minimum absolute atomic E-state index is 0.0722. The second-order valence-electron chi connectivity index (χ2n) is 3.31. The molecular weight excluding hydrogens is 210 g/mol. The highest BCUT2D eigenvalue weighted by molar-refractivity contribution is 7.11. The van der Waals surface area contributed by atoms with Crippen LogP contribution in [0.15, 0.2) is 0 Å². The van der Waals surface area contributed by atoms with Crippen molar-refractivity contribution in [3.05, 3.63) is 15.6 Å². The van der Waals surface area contributed by atoms with Crippen LogP contribution in [-0.4, -0.2) is 10.9 Å². The maximum atomic E-state index is 11.2. The Labute approximate surface area is 92.9 Å². The molecule has 1 rings (SSSR count). The van der Waals surface area contributed by atoms with Gasteiger partial charge in [0.2, 0.25) is 5.91 Å². The van der Waals surface area contributed by atoms with Gasteiger partial charge in [0.25, 0.3) is 0 Å². The van der Waals surface area contributed by atoms with E-state index in [4.69, 9.17) is 5.26 Å². The fourth-order valence-corrected chi connectivity index (χ4v) is 2.31. The molecule has 4 nitrogen and oxygen atoms in total. The molecule has 0 aliphatic heterocycles. The van der Waals surface area contributed by atoms with Gasteiger partial charge in [-0.2, -0.15) is 5.26 Å². The Morgan fingerprint density at radius 3 is 2.80 bits per heavy atom. The van der Waals surface area contributed by atoms with E-state index < -0.39 is 0 Å². The van der Waals surface area contributed by atoms with Crippen LogP contribution in [0.2, 0.25) is 0 Å². The zero-order valence-electron chi connectivity index (χ0n) is 9.00. The van der Waals surface area contributed by atoms with Gasteiger partial charge in [0.15, 0.2) is 0 Å². The Balaban J connectivity index is 2.69. The van der Waals surface area contributed by atoms with Crippen molar-refractivity contribution in [2.24, 2.45) is 0 Å². The van der Waals surface area contributed by atoms with Gasteiger partial charge in [-0.15, -0.1) is 11.3 Å². The third-order valence-electron chi connectivity index (χ3n) is 1.95. The first kappa shape index (κ1) is 11.7. The quantitative estimate of drug-likeness (QED) is 0.850. The minimum Gasteiger partial charge on any atom is -0.348 e. The molecule has 1 unspecified atom stereocenters. The maximum Gasteiger partial charge on any atom is 0.234 e. The first-order valence-corrected chi connectivity index (χ1v) is 5.46. The third-order valence-corrected chi connectivity index (χ3v) is 3.21. The van der Waals surface area contributed by atoms with Crippen molar-refractivity contribution in [1.82, 2.24) is 10.3 Å². The highest BCUT2D eigenvalue weighted by Crippen LogP contribution is 2.24. The lowest BCUT2D eigenvalue weighted by Crippen LogP contribution is -2.25. The standard InChI is InChI=1S/C10H13N3OS/c1-6-10(15-8(3)12-6)7(2)13-9(14)4-5-11/h7H,4H2,1-3H3,(H,13,14). The lowest BCUT2D eigenvalue weighted by Gasteiger charge is -2.11.